The third kappa shape index (κ3) is 3.34. The van der Waals surface area contributed by atoms with E-state index < -0.39 is 28.4 Å². The summed E-state index contributed by atoms with van der Waals surface area (Å²) in [5.41, 5.74) is -0.404. The maximum absolute atomic E-state index is 13.6. The molecule has 0 aliphatic heterocycles. The Labute approximate surface area is 139 Å². The monoisotopic (exact) mass is 363 g/mol. The van der Waals surface area contributed by atoms with Crippen molar-refractivity contribution in [2.24, 2.45) is 0 Å². The number of rotatable bonds is 5. The SMILES string of the molecule is CCOC(=O)c1c(SCOC)nc2c(Cl)c(F)c(F)cc2c1O. The molecule has 23 heavy (non-hydrogen) atoms. The van der Waals surface area contributed by atoms with Gasteiger partial charge in [-0.25, -0.2) is 18.6 Å². The lowest BCUT2D eigenvalue weighted by atomic mass is 10.1. The molecule has 1 aromatic carbocycles. The Balaban J connectivity index is 2.78. The smallest absolute Gasteiger partial charge is 0.344 e. The van der Waals surface area contributed by atoms with Gasteiger partial charge in [0, 0.05) is 12.5 Å². The van der Waals surface area contributed by atoms with Crippen molar-refractivity contribution in [3.63, 3.8) is 0 Å². The van der Waals surface area contributed by atoms with Crippen molar-refractivity contribution >= 4 is 40.2 Å². The lowest BCUT2D eigenvalue weighted by molar-refractivity contribution is 0.0518. The number of carbonyl (C=O) groups excluding carboxylic acids is 1. The zero-order chi connectivity index (χ0) is 17.1. The molecule has 0 fully saturated rings. The van der Waals surface area contributed by atoms with Gasteiger partial charge in [0.25, 0.3) is 0 Å². The van der Waals surface area contributed by atoms with Crippen LogP contribution >= 0.6 is 23.4 Å². The Morgan fingerprint density at radius 1 is 1.48 bits per heavy atom. The van der Waals surface area contributed by atoms with E-state index in [1.54, 1.807) is 6.92 Å². The van der Waals surface area contributed by atoms with Crippen molar-refractivity contribution in [1.82, 2.24) is 4.98 Å². The molecule has 0 unspecified atom stereocenters. The number of esters is 1. The minimum absolute atomic E-state index is 0.0446. The predicted octanol–water partition coefficient (Wildman–Crippen LogP) is 3.74. The molecular formula is C14H12ClF2NO4S. The molecule has 9 heteroatoms. The molecule has 1 heterocycles. The van der Waals surface area contributed by atoms with E-state index in [0.717, 1.165) is 17.8 Å². The maximum atomic E-state index is 13.6. The standard InChI is InChI=1S/C14H12ClF2NO4S/c1-3-22-14(20)8-12(19)6-4-7(16)10(17)9(15)11(6)18-13(8)23-5-21-2/h4H,3,5H2,1-2H3,(H,18,19). The Morgan fingerprint density at radius 2 is 2.17 bits per heavy atom. The quantitative estimate of drug-likeness (QED) is 0.378. The number of aromatic hydroxyl groups is 1. The highest BCUT2D eigenvalue weighted by Crippen LogP contribution is 2.39. The van der Waals surface area contributed by atoms with Gasteiger partial charge in [-0.15, -0.1) is 0 Å². The normalized spacial score (nSPS) is 11.0. The van der Waals surface area contributed by atoms with Gasteiger partial charge in [-0.1, -0.05) is 23.4 Å². The fraction of sp³-hybridized carbons (Fsp3) is 0.286. The number of thioether (sulfide) groups is 1. The third-order valence-corrected chi connectivity index (χ3v) is 4.12. The average Bonchev–Trinajstić information content (AvgIpc) is 2.52. The molecule has 0 atom stereocenters. The first-order chi connectivity index (χ1) is 10.9. The summed E-state index contributed by atoms with van der Waals surface area (Å²) < 4.78 is 36.9. The summed E-state index contributed by atoms with van der Waals surface area (Å²) in [5, 5.41) is 9.61. The van der Waals surface area contributed by atoms with Gasteiger partial charge in [-0.2, -0.15) is 0 Å². The van der Waals surface area contributed by atoms with Crippen molar-refractivity contribution in [2.45, 2.75) is 11.9 Å². The first-order valence-electron chi connectivity index (χ1n) is 6.41. The van der Waals surface area contributed by atoms with E-state index in [-0.39, 0.29) is 34.0 Å². The van der Waals surface area contributed by atoms with Crippen LogP contribution in [-0.2, 0) is 9.47 Å². The number of aromatic nitrogens is 1. The molecule has 5 nitrogen and oxygen atoms in total. The number of hydrogen-bond acceptors (Lipinski definition) is 6. The molecule has 0 aliphatic rings. The largest absolute Gasteiger partial charge is 0.506 e. The second-order valence-corrected chi connectivity index (χ2v) is 5.58. The highest BCUT2D eigenvalue weighted by Gasteiger charge is 2.25. The molecule has 2 aromatic rings. The molecule has 0 saturated carbocycles. The topological polar surface area (TPSA) is 68.7 Å². The highest BCUT2D eigenvalue weighted by molar-refractivity contribution is 7.99. The number of fused-ring (bicyclic) bond motifs is 1. The van der Waals surface area contributed by atoms with E-state index in [0.29, 0.717) is 0 Å². The molecular weight excluding hydrogens is 352 g/mol. The minimum Gasteiger partial charge on any atom is -0.506 e. The summed E-state index contributed by atoms with van der Waals surface area (Å²) in [4.78, 5) is 16.1. The van der Waals surface area contributed by atoms with Gasteiger partial charge in [-0.3, -0.25) is 0 Å². The summed E-state index contributed by atoms with van der Waals surface area (Å²) in [6, 6.07) is 0.729. The van der Waals surface area contributed by atoms with Crippen LogP contribution < -0.4 is 0 Å². The van der Waals surface area contributed by atoms with Crippen molar-refractivity contribution in [3.8, 4) is 5.75 Å². The molecule has 0 amide bonds. The van der Waals surface area contributed by atoms with Crippen molar-refractivity contribution in [1.29, 1.82) is 0 Å². The van der Waals surface area contributed by atoms with Crippen molar-refractivity contribution in [2.75, 3.05) is 19.7 Å². The second kappa shape index (κ2) is 7.29. The van der Waals surface area contributed by atoms with Gasteiger partial charge in [0.1, 0.15) is 21.4 Å². The summed E-state index contributed by atoms with van der Waals surface area (Å²) in [6.07, 6.45) is 0. The summed E-state index contributed by atoms with van der Waals surface area (Å²) in [5.74, 6) is -3.83. The second-order valence-electron chi connectivity index (χ2n) is 4.29. The highest BCUT2D eigenvalue weighted by atomic mass is 35.5. The van der Waals surface area contributed by atoms with Crippen LogP contribution in [0.5, 0.6) is 5.75 Å². The van der Waals surface area contributed by atoms with E-state index >= 15 is 0 Å². The van der Waals surface area contributed by atoms with Crippen LogP contribution in [-0.4, -0.2) is 35.7 Å². The summed E-state index contributed by atoms with van der Waals surface area (Å²) >= 11 is 6.74. The fourth-order valence-corrected chi connectivity index (χ4v) is 2.82. The molecule has 2 rings (SSSR count). The first-order valence-corrected chi connectivity index (χ1v) is 7.77. The summed E-state index contributed by atoms with van der Waals surface area (Å²) in [7, 11) is 1.43. The molecule has 1 N–H and O–H groups in total. The number of halogens is 3. The van der Waals surface area contributed by atoms with Crippen LogP contribution in [0.15, 0.2) is 11.1 Å². The van der Waals surface area contributed by atoms with E-state index in [1.165, 1.54) is 7.11 Å². The zero-order valence-corrected chi connectivity index (χ0v) is 13.7. The molecule has 0 aliphatic carbocycles. The fourth-order valence-electron chi connectivity index (χ4n) is 1.88. The molecule has 0 saturated heterocycles. The molecule has 1 aromatic heterocycles. The molecule has 0 radical (unpaired) electrons. The molecule has 0 spiro atoms. The van der Waals surface area contributed by atoms with Gasteiger partial charge < -0.3 is 14.6 Å². The van der Waals surface area contributed by atoms with Gasteiger partial charge in [0.2, 0.25) is 0 Å². The van der Waals surface area contributed by atoms with E-state index in [1.807, 2.05) is 0 Å². The number of carbonyl (C=O) groups is 1. The number of ether oxygens (including phenoxy) is 2. The third-order valence-electron chi connectivity index (χ3n) is 2.85. The lowest BCUT2D eigenvalue weighted by Gasteiger charge is -2.13. The Hall–Kier alpha value is -1.64. The Kier molecular flexibility index (Phi) is 5.61. The molecule has 0 bridgehead atoms. The Morgan fingerprint density at radius 3 is 2.78 bits per heavy atom. The Bertz CT molecular complexity index is 773. The van der Waals surface area contributed by atoms with E-state index in [4.69, 9.17) is 21.1 Å². The predicted molar refractivity (Wildman–Crippen MR) is 82.0 cm³/mol. The van der Waals surface area contributed by atoms with Crippen LogP contribution in [0.3, 0.4) is 0 Å². The minimum atomic E-state index is -1.28. The van der Waals surface area contributed by atoms with Crippen LogP contribution in [0, 0.1) is 11.6 Å². The van der Waals surface area contributed by atoms with Crippen LogP contribution in [0.2, 0.25) is 5.02 Å². The van der Waals surface area contributed by atoms with Crippen LogP contribution in [0.25, 0.3) is 10.9 Å². The van der Waals surface area contributed by atoms with E-state index in [2.05, 4.69) is 4.98 Å². The maximum Gasteiger partial charge on any atom is 0.344 e. The van der Waals surface area contributed by atoms with Crippen molar-refractivity contribution < 1.29 is 28.2 Å². The lowest BCUT2D eigenvalue weighted by Crippen LogP contribution is -2.09. The number of hydrogen-bond donors (Lipinski definition) is 1. The number of pyridine rings is 1. The van der Waals surface area contributed by atoms with Crippen LogP contribution in [0.4, 0.5) is 8.78 Å². The zero-order valence-electron chi connectivity index (χ0n) is 12.2. The number of methoxy groups -OCH3 is 1. The van der Waals surface area contributed by atoms with Gasteiger partial charge in [0.05, 0.1) is 18.1 Å². The van der Waals surface area contributed by atoms with Gasteiger partial charge in [-0.05, 0) is 13.0 Å². The number of nitrogens with zero attached hydrogens (tertiary/aromatic N) is 1. The van der Waals surface area contributed by atoms with Crippen molar-refractivity contribution in [3.05, 3.63) is 28.3 Å². The van der Waals surface area contributed by atoms with E-state index in [9.17, 15) is 18.7 Å². The first kappa shape index (κ1) is 17.7. The van der Waals surface area contributed by atoms with Crippen LogP contribution in [0.1, 0.15) is 17.3 Å². The number of benzene rings is 1. The molecule has 124 valence electrons. The van der Waals surface area contributed by atoms with Gasteiger partial charge >= 0.3 is 5.97 Å². The average molecular weight is 364 g/mol. The van der Waals surface area contributed by atoms with Gasteiger partial charge in [0.15, 0.2) is 11.6 Å². The summed E-state index contributed by atoms with van der Waals surface area (Å²) in [6.45, 7) is 1.67.